The molecule has 0 spiro atoms. The first kappa shape index (κ1) is 9.13. The molecule has 7 heteroatoms. The van der Waals surface area contributed by atoms with Gasteiger partial charge in [0, 0.05) is 12.1 Å². The minimum absolute atomic E-state index is 0.0737. The van der Waals surface area contributed by atoms with Crippen LogP contribution in [0.3, 0.4) is 0 Å². The van der Waals surface area contributed by atoms with E-state index in [1.54, 1.807) is 6.07 Å². The van der Waals surface area contributed by atoms with Gasteiger partial charge in [0.05, 0.1) is 16.3 Å². The van der Waals surface area contributed by atoms with Crippen molar-refractivity contribution in [2.45, 2.75) is 0 Å². The Morgan fingerprint density at radius 2 is 2.27 bits per heavy atom. The predicted octanol–water partition coefficient (Wildman–Crippen LogP) is -0.0669. The highest BCUT2D eigenvalue weighted by Gasteiger charge is 2.14. The molecule has 0 atom stereocenters. The van der Waals surface area contributed by atoms with E-state index >= 15 is 0 Å². The van der Waals surface area contributed by atoms with E-state index in [4.69, 9.17) is 0 Å². The molecule has 0 radical (unpaired) electrons. The van der Waals surface area contributed by atoms with E-state index < -0.39 is 10.9 Å². The Labute approximate surface area is 83.3 Å². The fourth-order valence-corrected chi connectivity index (χ4v) is 1.10. The topological polar surface area (TPSA) is 96.1 Å². The van der Waals surface area contributed by atoms with Crippen molar-refractivity contribution >= 4 is 5.69 Å². The van der Waals surface area contributed by atoms with Gasteiger partial charge in [-0.3, -0.25) is 10.1 Å². The van der Waals surface area contributed by atoms with Gasteiger partial charge >= 0.3 is 0 Å². The summed E-state index contributed by atoms with van der Waals surface area (Å²) in [5, 5.41) is 24.6. The molecule has 2 rings (SSSR count). The number of nitrogens with zero attached hydrogens (tertiary/aromatic N) is 3. The molecule has 0 amide bonds. The molecular formula is C8H5N3O4. The summed E-state index contributed by atoms with van der Waals surface area (Å²) in [6.45, 7) is 0. The third-order valence-electron chi connectivity index (χ3n) is 1.75. The Balaban J connectivity index is 2.45. The summed E-state index contributed by atoms with van der Waals surface area (Å²) >= 11 is 0. The van der Waals surface area contributed by atoms with Crippen molar-refractivity contribution in [3.05, 3.63) is 40.6 Å². The first-order valence-electron chi connectivity index (χ1n) is 3.97. The van der Waals surface area contributed by atoms with Crippen molar-refractivity contribution in [2.75, 3.05) is 0 Å². The smallest absolute Gasteiger partial charge is 0.276 e. The molecule has 0 fully saturated rings. The van der Waals surface area contributed by atoms with E-state index in [1.165, 1.54) is 18.2 Å². The lowest BCUT2D eigenvalue weighted by molar-refractivity contribution is -0.670. The molecule has 0 N–H and O–H groups in total. The summed E-state index contributed by atoms with van der Waals surface area (Å²) in [7, 11) is 0. The maximum absolute atomic E-state index is 10.7. The van der Waals surface area contributed by atoms with E-state index in [1.807, 2.05) is 0 Å². The summed E-state index contributed by atoms with van der Waals surface area (Å²) in [5.74, 6) is -0.610. The molecule has 15 heavy (non-hydrogen) atoms. The van der Waals surface area contributed by atoms with Crippen LogP contribution in [0.5, 0.6) is 5.95 Å². The Hall–Kier alpha value is -2.44. The highest BCUT2D eigenvalue weighted by atomic mass is 16.6. The van der Waals surface area contributed by atoms with E-state index in [0.29, 0.717) is 5.69 Å². The highest BCUT2D eigenvalue weighted by Crippen LogP contribution is 2.12. The van der Waals surface area contributed by atoms with E-state index in [0.717, 1.165) is 10.9 Å². The van der Waals surface area contributed by atoms with Gasteiger partial charge in [-0.25, -0.2) is 0 Å². The Bertz CT molecular complexity index is 508. The molecule has 0 aliphatic carbocycles. The van der Waals surface area contributed by atoms with E-state index in [9.17, 15) is 15.2 Å². The normalized spacial score (nSPS) is 10.1. The van der Waals surface area contributed by atoms with Crippen molar-refractivity contribution < 1.29 is 19.2 Å². The van der Waals surface area contributed by atoms with Crippen LogP contribution in [0.25, 0.3) is 5.69 Å². The van der Waals surface area contributed by atoms with Gasteiger partial charge in [-0.15, -0.1) is 0 Å². The zero-order chi connectivity index (χ0) is 10.8. The number of hydrogen-bond acceptors (Lipinski definition) is 5. The SMILES string of the molecule is O=[N+]([O-])c1cccc(-[n+]2cc([O-])on2)c1. The van der Waals surface area contributed by atoms with Crippen molar-refractivity contribution in [3.8, 4) is 11.6 Å². The van der Waals surface area contributed by atoms with Crippen molar-refractivity contribution in [1.29, 1.82) is 0 Å². The monoisotopic (exact) mass is 207 g/mol. The Kier molecular flexibility index (Phi) is 2.05. The Morgan fingerprint density at radius 3 is 2.87 bits per heavy atom. The molecule has 0 aliphatic rings. The van der Waals surface area contributed by atoms with Gasteiger partial charge in [0.2, 0.25) is 11.9 Å². The number of nitro groups is 1. The number of benzene rings is 1. The molecule has 0 saturated carbocycles. The second-order valence-corrected chi connectivity index (χ2v) is 2.74. The van der Waals surface area contributed by atoms with Crippen LogP contribution in [-0.2, 0) is 0 Å². The summed E-state index contributed by atoms with van der Waals surface area (Å²) in [6, 6.07) is 5.72. The summed E-state index contributed by atoms with van der Waals surface area (Å²) in [6.07, 6.45) is 1.10. The molecule has 2 aromatic rings. The summed E-state index contributed by atoms with van der Waals surface area (Å²) in [5.41, 5.74) is 0.325. The first-order valence-corrected chi connectivity index (χ1v) is 3.97. The highest BCUT2D eigenvalue weighted by molar-refractivity contribution is 5.37. The number of aromatic nitrogens is 2. The second-order valence-electron chi connectivity index (χ2n) is 2.74. The van der Waals surface area contributed by atoms with Crippen LogP contribution in [0.1, 0.15) is 0 Å². The molecule has 0 aliphatic heterocycles. The lowest BCUT2D eigenvalue weighted by Gasteiger charge is -1.90. The summed E-state index contributed by atoms with van der Waals surface area (Å²) in [4.78, 5) is 9.95. The average molecular weight is 207 g/mol. The second kappa shape index (κ2) is 3.37. The average Bonchev–Trinajstić information content (AvgIpc) is 2.65. The van der Waals surface area contributed by atoms with Gasteiger partial charge < -0.3 is 9.63 Å². The maximum atomic E-state index is 10.7. The number of nitro benzene ring substituents is 1. The molecular weight excluding hydrogens is 202 g/mol. The fraction of sp³-hybridized carbons (Fsp3) is 0. The minimum atomic E-state index is -0.610. The number of rotatable bonds is 2. The maximum Gasteiger partial charge on any atom is 0.276 e. The third kappa shape index (κ3) is 1.75. The molecule has 0 saturated heterocycles. The van der Waals surface area contributed by atoms with Gasteiger partial charge in [-0.2, -0.15) is 0 Å². The lowest BCUT2D eigenvalue weighted by atomic mass is 10.3. The minimum Gasteiger partial charge on any atom is -0.539 e. The third-order valence-corrected chi connectivity index (χ3v) is 1.75. The van der Waals surface area contributed by atoms with Gasteiger partial charge in [-0.05, 0) is 10.7 Å². The molecule has 76 valence electrons. The molecule has 1 aromatic heterocycles. The largest absolute Gasteiger partial charge is 0.539 e. The standard InChI is InChI=1S/C8H5N3O4/c12-8-5-10(9-15-8)6-2-1-3-7(4-6)11(13)14/h1-5H. The molecule has 1 heterocycles. The van der Waals surface area contributed by atoms with Crippen LogP contribution in [0.4, 0.5) is 5.69 Å². The molecule has 7 nitrogen and oxygen atoms in total. The molecule has 0 bridgehead atoms. The number of non-ortho nitro benzene ring substituents is 1. The van der Waals surface area contributed by atoms with Crippen molar-refractivity contribution in [1.82, 2.24) is 5.27 Å². The van der Waals surface area contributed by atoms with Gasteiger partial charge in [0.25, 0.3) is 5.69 Å². The van der Waals surface area contributed by atoms with E-state index in [2.05, 4.69) is 9.79 Å². The van der Waals surface area contributed by atoms with Crippen LogP contribution in [0.2, 0.25) is 0 Å². The summed E-state index contributed by atoms with van der Waals surface area (Å²) < 4.78 is 5.44. The van der Waals surface area contributed by atoms with Gasteiger partial charge in [0.1, 0.15) is 5.95 Å². The quantitative estimate of drug-likeness (QED) is 0.390. The molecule has 0 unspecified atom stereocenters. The number of hydrogen-bond donors (Lipinski definition) is 0. The van der Waals surface area contributed by atoms with Crippen LogP contribution in [-0.4, -0.2) is 10.2 Å². The van der Waals surface area contributed by atoms with Gasteiger partial charge in [0.15, 0.2) is 0 Å². The van der Waals surface area contributed by atoms with Crippen LogP contribution < -0.4 is 9.79 Å². The van der Waals surface area contributed by atoms with Crippen LogP contribution in [0, 0.1) is 10.1 Å². The zero-order valence-corrected chi connectivity index (χ0v) is 7.36. The Morgan fingerprint density at radius 1 is 1.47 bits per heavy atom. The van der Waals surface area contributed by atoms with Crippen molar-refractivity contribution in [3.63, 3.8) is 0 Å². The zero-order valence-electron chi connectivity index (χ0n) is 7.36. The first-order chi connectivity index (χ1) is 7.16. The predicted molar refractivity (Wildman–Crippen MR) is 44.1 cm³/mol. The lowest BCUT2D eigenvalue weighted by Crippen LogP contribution is -2.31. The van der Waals surface area contributed by atoms with Gasteiger partial charge in [-0.1, -0.05) is 0 Å². The molecule has 1 aromatic carbocycles. The van der Waals surface area contributed by atoms with E-state index in [-0.39, 0.29) is 5.69 Å². The van der Waals surface area contributed by atoms with Crippen molar-refractivity contribution in [2.24, 2.45) is 0 Å². The van der Waals surface area contributed by atoms with Crippen LogP contribution in [0.15, 0.2) is 35.0 Å². The van der Waals surface area contributed by atoms with Crippen LogP contribution >= 0.6 is 0 Å². The fourth-order valence-electron chi connectivity index (χ4n) is 1.10.